The number of allylic oxidation sites excluding steroid dienone is 4. The molecule has 1 aromatic carbocycles. The van der Waals surface area contributed by atoms with Crippen molar-refractivity contribution in [3.05, 3.63) is 71.3 Å². The zero-order chi connectivity index (χ0) is 17.9. The van der Waals surface area contributed by atoms with Gasteiger partial charge in [0.2, 0.25) is 0 Å². The first kappa shape index (κ1) is 19.7. The minimum atomic E-state index is 1.05. The average molecular weight is 339 g/mol. The maximum absolute atomic E-state index is 2.61. The number of benzene rings is 1. The van der Waals surface area contributed by atoms with Crippen molar-refractivity contribution >= 4 is 0 Å². The van der Waals surface area contributed by atoms with Crippen LogP contribution in [-0.2, 0) is 6.42 Å². The Kier molecular flexibility index (Phi) is 8.71. The lowest BCUT2D eigenvalue weighted by atomic mass is 10.1. The zero-order valence-corrected chi connectivity index (χ0v) is 16.2. The summed E-state index contributed by atoms with van der Waals surface area (Å²) in [4.78, 5) is 4.89. The number of rotatable bonds is 10. The summed E-state index contributed by atoms with van der Waals surface area (Å²) >= 11 is 0. The molecule has 0 aromatic heterocycles. The fourth-order valence-corrected chi connectivity index (χ4v) is 3.15. The summed E-state index contributed by atoms with van der Waals surface area (Å²) in [5, 5.41) is 0. The number of aryl methyl sites for hydroxylation is 1. The van der Waals surface area contributed by atoms with Gasteiger partial charge in [-0.15, -0.1) is 0 Å². The molecule has 0 saturated carbocycles. The minimum Gasteiger partial charge on any atom is -0.308 e. The van der Waals surface area contributed by atoms with E-state index in [0.29, 0.717) is 0 Å². The Hall–Kier alpha value is -1.64. The molecule has 1 aliphatic carbocycles. The van der Waals surface area contributed by atoms with Crippen molar-refractivity contribution in [3.8, 4) is 0 Å². The summed E-state index contributed by atoms with van der Waals surface area (Å²) in [7, 11) is 4.32. The lowest BCUT2D eigenvalue weighted by Crippen LogP contribution is -2.34. The van der Waals surface area contributed by atoms with Crippen molar-refractivity contribution in [2.75, 3.05) is 40.3 Å². The van der Waals surface area contributed by atoms with Crippen molar-refractivity contribution in [1.29, 1.82) is 0 Å². The van der Waals surface area contributed by atoms with Gasteiger partial charge in [0, 0.05) is 19.6 Å². The van der Waals surface area contributed by atoms with E-state index in [0.717, 1.165) is 45.4 Å². The molecule has 0 amide bonds. The monoisotopic (exact) mass is 338 g/mol. The molecule has 0 unspecified atom stereocenters. The van der Waals surface area contributed by atoms with Crippen LogP contribution in [0.4, 0.5) is 0 Å². The topological polar surface area (TPSA) is 6.48 Å². The van der Waals surface area contributed by atoms with Crippen LogP contribution in [0.3, 0.4) is 0 Å². The Bertz CT molecular complexity index is 581. The third-order valence-corrected chi connectivity index (χ3v) is 4.72. The molecule has 0 fully saturated rings. The number of nitrogens with zero attached hydrogens (tertiary/aromatic N) is 2. The smallest absolute Gasteiger partial charge is 0.0234 e. The van der Waals surface area contributed by atoms with E-state index in [9.17, 15) is 0 Å². The van der Waals surface area contributed by atoms with E-state index in [1.807, 2.05) is 0 Å². The van der Waals surface area contributed by atoms with Gasteiger partial charge in [-0.1, -0.05) is 67.1 Å². The van der Waals surface area contributed by atoms with Gasteiger partial charge in [0.1, 0.15) is 0 Å². The van der Waals surface area contributed by atoms with Crippen LogP contribution in [0.2, 0.25) is 0 Å². The van der Waals surface area contributed by atoms with E-state index in [1.54, 1.807) is 0 Å². The van der Waals surface area contributed by atoms with Gasteiger partial charge in [0.15, 0.2) is 0 Å². The molecule has 2 heteroatoms. The molecule has 0 atom stereocenters. The maximum Gasteiger partial charge on any atom is 0.0234 e. The van der Waals surface area contributed by atoms with E-state index in [1.165, 1.54) is 23.1 Å². The highest BCUT2D eigenvalue weighted by Gasteiger charge is 2.09. The molecule has 0 spiro atoms. The Morgan fingerprint density at radius 1 is 1.00 bits per heavy atom. The molecule has 1 aliphatic rings. The molecular weight excluding hydrogens is 304 g/mol. The summed E-state index contributed by atoms with van der Waals surface area (Å²) in [6.45, 7) is 6.69. The molecule has 0 heterocycles. The normalized spacial score (nSPS) is 14.6. The summed E-state index contributed by atoms with van der Waals surface area (Å²) in [5.74, 6) is 0. The summed E-state index contributed by atoms with van der Waals surface area (Å²) in [6.07, 6.45) is 13.8. The van der Waals surface area contributed by atoms with Crippen LogP contribution in [0.1, 0.15) is 31.7 Å². The SMILES string of the molecule is CCC1=CC(CN(CCCc2ccccc2)CCN(C)C)=CC=CC1. The van der Waals surface area contributed by atoms with Crippen LogP contribution < -0.4 is 0 Å². The third-order valence-electron chi connectivity index (χ3n) is 4.72. The maximum atomic E-state index is 2.61. The largest absolute Gasteiger partial charge is 0.308 e. The van der Waals surface area contributed by atoms with Crippen molar-refractivity contribution in [2.45, 2.75) is 32.6 Å². The van der Waals surface area contributed by atoms with E-state index < -0.39 is 0 Å². The van der Waals surface area contributed by atoms with Crippen molar-refractivity contribution in [2.24, 2.45) is 0 Å². The quantitative estimate of drug-likeness (QED) is 0.610. The molecule has 0 N–H and O–H groups in total. The number of hydrogen-bond acceptors (Lipinski definition) is 2. The molecule has 0 aliphatic heterocycles. The second kappa shape index (κ2) is 11.1. The van der Waals surface area contributed by atoms with E-state index in [2.05, 4.69) is 85.5 Å². The molecule has 136 valence electrons. The summed E-state index contributed by atoms with van der Waals surface area (Å²) in [5.41, 5.74) is 4.43. The van der Waals surface area contributed by atoms with Gasteiger partial charge in [-0.25, -0.2) is 0 Å². The molecule has 0 bridgehead atoms. The highest BCUT2D eigenvalue weighted by molar-refractivity contribution is 5.32. The number of likely N-dealkylation sites (N-methyl/N-ethyl adjacent to an activating group) is 1. The van der Waals surface area contributed by atoms with Gasteiger partial charge in [-0.2, -0.15) is 0 Å². The van der Waals surface area contributed by atoms with Gasteiger partial charge in [0.05, 0.1) is 0 Å². The van der Waals surface area contributed by atoms with E-state index in [4.69, 9.17) is 0 Å². The first-order valence-electron chi connectivity index (χ1n) is 9.63. The third kappa shape index (κ3) is 7.85. The Morgan fingerprint density at radius 3 is 2.52 bits per heavy atom. The van der Waals surface area contributed by atoms with Crippen molar-refractivity contribution in [3.63, 3.8) is 0 Å². The minimum absolute atomic E-state index is 1.05. The summed E-state index contributed by atoms with van der Waals surface area (Å²) in [6, 6.07) is 10.8. The van der Waals surface area contributed by atoms with Crippen LogP contribution in [0.15, 0.2) is 65.8 Å². The van der Waals surface area contributed by atoms with E-state index in [-0.39, 0.29) is 0 Å². The standard InChI is InChI=1S/C23H34N2/c1-4-21-11-8-9-14-23(19-21)20-25(18-17-24(2)3)16-10-15-22-12-6-5-7-13-22/h5-9,12-14,19H,4,10-11,15-18,20H2,1-3H3. The lowest BCUT2D eigenvalue weighted by Gasteiger charge is -2.25. The fourth-order valence-electron chi connectivity index (χ4n) is 3.15. The first-order chi connectivity index (χ1) is 12.2. The Balaban J connectivity index is 1.92. The molecule has 25 heavy (non-hydrogen) atoms. The molecule has 2 rings (SSSR count). The van der Waals surface area contributed by atoms with Crippen molar-refractivity contribution in [1.82, 2.24) is 9.80 Å². The van der Waals surface area contributed by atoms with Crippen LogP contribution >= 0.6 is 0 Å². The van der Waals surface area contributed by atoms with E-state index >= 15 is 0 Å². The highest BCUT2D eigenvalue weighted by atomic mass is 15.2. The second-order valence-electron chi connectivity index (χ2n) is 7.20. The molecule has 1 aromatic rings. The van der Waals surface area contributed by atoms with Crippen LogP contribution in [0.25, 0.3) is 0 Å². The summed E-state index contributed by atoms with van der Waals surface area (Å²) < 4.78 is 0. The van der Waals surface area contributed by atoms with Gasteiger partial charge in [-0.05, 0) is 57.5 Å². The van der Waals surface area contributed by atoms with Crippen LogP contribution in [0.5, 0.6) is 0 Å². The number of hydrogen-bond donors (Lipinski definition) is 0. The van der Waals surface area contributed by atoms with Crippen LogP contribution in [-0.4, -0.2) is 50.1 Å². The molecule has 0 saturated heterocycles. The Labute approximate surface area is 154 Å². The van der Waals surface area contributed by atoms with Gasteiger partial charge < -0.3 is 4.90 Å². The van der Waals surface area contributed by atoms with Gasteiger partial charge >= 0.3 is 0 Å². The highest BCUT2D eigenvalue weighted by Crippen LogP contribution is 2.16. The Morgan fingerprint density at radius 2 is 1.80 bits per heavy atom. The zero-order valence-electron chi connectivity index (χ0n) is 16.2. The van der Waals surface area contributed by atoms with Gasteiger partial charge in [-0.3, -0.25) is 4.90 Å². The molecular formula is C23H34N2. The lowest BCUT2D eigenvalue weighted by molar-refractivity contribution is 0.255. The van der Waals surface area contributed by atoms with Gasteiger partial charge in [0.25, 0.3) is 0 Å². The first-order valence-corrected chi connectivity index (χ1v) is 9.63. The molecule has 2 nitrogen and oxygen atoms in total. The average Bonchev–Trinajstić information content (AvgIpc) is 2.85. The fraction of sp³-hybridized carbons (Fsp3) is 0.478. The van der Waals surface area contributed by atoms with Crippen LogP contribution in [0, 0.1) is 0 Å². The predicted molar refractivity (Wildman–Crippen MR) is 110 cm³/mol. The predicted octanol–water partition coefficient (Wildman–Crippen LogP) is 4.71. The second-order valence-corrected chi connectivity index (χ2v) is 7.20. The molecule has 0 radical (unpaired) electrons. The van der Waals surface area contributed by atoms with Crippen molar-refractivity contribution < 1.29 is 0 Å².